The fraction of sp³-hybridized carbons (Fsp3) is 0.143. The minimum absolute atomic E-state index is 0.0165. The molecule has 0 saturated heterocycles. The standard InChI is InChI=1S/C21H13F3N4O3/c1-2-31-20(30)14-10-26-18-16-12(11-6-4-3-5-7-11)8-15(21(22,23)24)13(9-25)17(16)27-28(18)19(14)29/h3-8,10,27H,2H2,1H3. The zero-order valence-corrected chi connectivity index (χ0v) is 15.9. The van der Waals surface area contributed by atoms with E-state index < -0.39 is 28.8 Å². The first kappa shape index (κ1) is 20.2. The average Bonchev–Trinajstić information content (AvgIpc) is 3.13. The first-order valence-electron chi connectivity index (χ1n) is 9.08. The van der Waals surface area contributed by atoms with E-state index in [-0.39, 0.29) is 34.3 Å². The number of hydrogen-bond acceptors (Lipinski definition) is 5. The summed E-state index contributed by atoms with van der Waals surface area (Å²) in [6.07, 6.45) is -3.80. The fourth-order valence-electron chi connectivity index (χ4n) is 3.41. The summed E-state index contributed by atoms with van der Waals surface area (Å²) < 4.78 is 46.9. The maximum atomic E-state index is 13.7. The van der Waals surface area contributed by atoms with E-state index in [9.17, 15) is 28.0 Å². The number of esters is 1. The van der Waals surface area contributed by atoms with Gasteiger partial charge in [0.15, 0.2) is 5.65 Å². The van der Waals surface area contributed by atoms with Crippen molar-refractivity contribution in [3.63, 3.8) is 0 Å². The number of carbonyl (C=O) groups is 1. The Morgan fingerprint density at radius 1 is 1.29 bits per heavy atom. The number of benzene rings is 2. The van der Waals surface area contributed by atoms with Crippen LogP contribution in [0.1, 0.15) is 28.4 Å². The second-order valence-corrected chi connectivity index (χ2v) is 6.54. The van der Waals surface area contributed by atoms with Gasteiger partial charge in [0.2, 0.25) is 0 Å². The van der Waals surface area contributed by atoms with Gasteiger partial charge in [0.25, 0.3) is 5.56 Å². The molecule has 4 aromatic rings. The molecule has 1 N–H and O–H groups in total. The summed E-state index contributed by atoms with van der Waals surface area (Å²) in [7, 11) is 0. The number of nitrogens with zero attached hydrogens (tertiary/aromatic N) is 3. The van der Waals surface area contributed by atoms with Crippen molar-refractivity contribution in [3.05, 3.63) is 69.6 Å². The van der Waals surface area contributed by atoms with E-state index in [0.29, 0.717) is 5.56 Å². The van der Waals surface area contributed by atoms with Crippen molar-refractivity contribution in [2.45, 2.75) is 13.1 Å². The number of ether oxygens (including phenoxy) is 1. The molecule has 0 aliphatic rings. The van der Waals surface area contributed by atoms with Gasteiger partial charge in [-0.3, -0.25) is 9.89 Å². The molecule has 2 aromatic heterocycles. The maximum absolute atomic E-state index is 13.7. The summed E-state index contributed by atoms with van der Waals surface area (Å²) in [4.78, 5) is 29.0. The Balaban J connectivity index is 2.19. The van der Waals surface area contributed by atoms with Crippen LogP contribution in [0.3, 0.4) is 0 Å². The van der Waals surface area contributed by atoms with Crippen molar-refractivity contribution >= 4 is 22.5 Å². The lowest BCUT2D eigenvalue weighted by Gasteiger charge is -2.13. The van der Waals surface area contributed by atoms with Crippen LogP contribution in [0.4, 0.5) is 13.2 Å². The number of H-pyrrole nitrogens is 1. The topological polar surface area (TPSA) is 100 Å². The van der Waals surface area contributed by atoms with Gasteiger partial charge < -0.3 is 4.74 Å². The van der Waals surface area contributed by atoms with E-state index in [4.69, 9.17) is 4.74 Å². The van der Waals surface area contributed by atoms with Gasteiger partial charge in [-0.25, -0.2) is 9.78 Å². The lowest BCUT2D eigenvalue weighted by Crippen LogP contribution is -2.24. The molecule has 0 aliphatic heterocycles. The zero-order valence-electron chi connectivity index (χ0n) is 15.9. The molecule has 7 nitrogen and oxygen atoms in total. The summed E-state index contributed by atoms with van der Waals surface area (Å²) in [5, 5.41) is 12.2. The van der Waals surface area contributed by atoms with E-state index in [0.717, 1.165) is 16.8 Å². The van der Waals surface area contributed by atoms with Crippen LogP contribution in [0.25, 0.3) is 27.7 Å². The highest BCUT2D eigenvalue weighted by atomic mass is 19.4. The molecule has 0 bridgehead atoms. The summed E-state index contributed by atoms with van der Waals surface area (Å²) >= 11 is 0. The van der Waals surface area contributed by atoms with Gasteiger partial charge in [-0.15, -0.1) is 0 Å². The van der Waals surface area contributed by atoms with Crippen molar-refractivity contribution < 1.29 is 22.7 Å². The average molecular weight is 426 g/mol. The highest BCUT2D eigenvalue weighted by Gasteiger charge is 2.36. The normalized spacial score (nSPS) is 11.6. The summed E-state index contributed by atoms with van der Waals surface area (Å²) in [5.41, 5.74) is -2.71. The zero-order chi connectivity index (χ0) is 22.3. The predicted molar refractivity (Wildman–Crippen MR) is 104 cm³/mol. The SMILES string of the molecule is CCOC(=O)c1cnc2c3c(-c4ccccc4)cc(C(F)(F)F)c(C#N)c3[nH]n2c1=O. The monoisotopic (exact) mass is 426 g/mol. The molecule has 156 valence electrons. The Morgan fingerprint density at radius 2 is 2.00 bits per heavy atom. The van der Waals surface area contributed by atoms with E-state index in [1.807, 2.05) is 0 Å². The number of hydrogen-bond donors (Lipinski definition) is 1. The number of halogens is 3. The molecule has 0 amide bonds. The van der Waals surface area contributed by atoms with Crippen molar-refractivity contribution in [2.24, 2.45) is 0 Å². The van der Waals surface area contributed by atoms with Gasteiger partial charge in [0.05, 0.1) is 28.6 Å². The number of carbonyl (C=O) groups excluding carboxylic acids is 1. The smallest absolute Gasteiger partial charge is 0.417 e. The van der Waals surface area contributed by atoms with Crippen molar-refractivity contribution in [1.82, 2.24) is 14.6 Å². The molecule has 0 fully saturated rings. The van der Waals surface area contributed by atoms with Gasteiger partial charge in [-0.2, -0.15) is 22.9 Å². The maximum Gasteiger partial charge on any atom is 0.417 e. The molecule has 0 saturated carbocycles. The number of aromatic amines is 1. The van der Waals surface area contributed by atoms with Crippen LogP contribution in [0, 0.1) is 11.3 Å². The van der Waals surface area contributed by atoms with Gasteiger partial charge in [0.1, 0.15) is 11.6 Å². The molecule has 0 atom stereocenters. The van der Waals surface area contributed by atoms with Crippen molar-refractivity contribution in [1.29, 1.82) is 5.26 Å². The molecular formula is C21H13F3N4O3. The minimum Gasteiger partial charge on any atom is -0.462 e. The second kappa shape index (κ2) is 7.28. The molecule has 31 heavy (non-hydrogen) atoms. The van der Waals surface area contributed by atoms with E-state index in [2.05, 4.69) is 10.1 Å². The first-order valence-corrected chi connectivity index (χ1v) is 9.08. The Bertz CT molecular complexity index is 1430. The van der Waals surface area contributed by atoms with E-state index in [1.54, 1.807) is 43.3 Å². The van der Waals surface area contributed by atoms with Crippen LogP contribution in [0.2, 0.25) is 0 Å². The van der Waals surface area contributed by atoms with E-state index >= 15 is 0 Å². The number of nitrogens with one attached hydrogen (secondary N) is 1. The Hall–Kier alpha value is -4.13. The largest absolute Gasteiger partial charge is 0.462 e. The second-order valence-electron chi connectivity index (χ2n) is 6.54. The molecule has 2 aromatic carbocycles. The van der Waals surface area contributed by atoms with Crippen LogP contribution in [-0.2, 0) is 10.9 Å². The molecule has 2 heterocycles. The van der Waals surface area contributed by atoms with Gasteiger partial charge in [0, 0.05) is 6.20 Å². The third kappa shape index (κ3) is 3.20. The summed E-state index contributed by atoms with van der Waals surface area (Å²) in [6, 6.07) is 10.7. The fourth-order valence-corrected chi connectivity index (χ4v) is 3.41. The highest BCUT2D eigenvalue weighted by molar-refractivity contribution is 6.07. The molecular weight excluding hydrogens is 413 g/mol. The van der Waals surface area contributed by atoms with Gasteiger partial charge >= 0.3 is 12.1 Å². The van der Waals surface area contributed by atoms with Crippen LogP contribution in [0.15, 0.2) is 47.4 Å². The molecule has 0 unspecified atom stereocenters. The van der Waals surface area contributed by atoms with Crippen LogP contribution in [0.5, 0.6) is 0 Å². The number of nitriles is 1. The van der Waals surface area contributed by atoms with Crippen LogP contribution in [-0.4, -0.2) is 27.2 Å². The number of aromatic nitrogens is 3. The molecule has 0 aliphatic carbocycles. The Morgan fingerprint density at radius 3 is 2.61 bits per heavy atom. The lowest BCUT2D eigenvalue weighted by atomic mass is 9.95. The number of alkyl halides is 3. The van der Waals surface area contributed by atoms with Gasteiger partial charge in [-0.1, -0.05) is 30.3 Å². The van der Waals surface area contributed by atoms with Crippen molar-refractivity contribution in [2.75, 3.05) is 6.61 Å². The molecule has 10 heteroatoms. The Labute approximate surface area is 172 Å². The van der Waals surface area contributed by atoms with Crippen molar-refractivity contribution in [3.8, 4) is 17.2 Å². The third-order valence-electron chi connectivity index (χ3n) is 4.73. The predicted octanol–water partition coefficient (Wildman–Crippen LogP) is 3.91. The molecule has 4 rings (SSSR count). The number of rotatable bonds is 3. The summed E-state index contributed by atoms with van der Waals surface area (Å²) in [6.45, 7) is 1.59. The summed E-state index contributed by atoms with van der Waals surface area (Å²) in [5.74, 6) is -0.909. The number of fused-ring (bicyclic) bond motifs is 3. The highest BCUT2D eigenvalue weighted by Crippen LogP contribution is 2.40. The van der Waals surface area contributed by atoms with Crippen LogP contribution >= 0.6 is 0 Å². The quantitative estimate of drug-likeness (QED) is 0.501. The van der Waals surface area contributed by atoms with E-state index in [1.165, 1.54) is 0 Å². The Kier molecular flexibility index (Phi) is 4.74. The van der Waals surface area contributed by atoms with Crippen LogP contribution < -0.4 is 5.56 Å². The van der Waals surface area contributed by atoms with Gasteiger partial charge in [-0.05, 0) is 24.1 Å². The lowest BCUT2D eigenvalue weighted by molar-refractivity contribution is -0.137. The molecule has 0 radical (unpaired) electrons. The third-order valence-corrected chi connectivity index (χ3v) is 4.73. The minimum atomic E-state index is -4.81. The molecule has 0 spiro atoms. The first-order chi connectivity index (χ1) is 14.8.